The maximum Gasteiger partial charge on any atom is 0.331 e. The van der Waals surface area contributed by atoms with Gasteiger partial charge in [0.25, 0.3) is 0 Å². The first-order valence-corrected chi connectivity index (χ1v) is 9.78. The van der Waals surface area contributed by atoms with E-state index in [0.717, 1.165) is 25.7 Å². The van der Waals surface area contributed by atoms with Crippen LogP contribution in [0.5, 0.6) is 0 Å². The molecular weight excluding hydrogens is 342 g/mol. The molecule has 1 aromatic rings. The number of sulfonamides is 1. The monoisotopic (exact) mass is 365 g/mol. The summed E-state index contributed by atoms with van der Waals surface area (Å²) < 4.78 is 31.6. The van der Waals surface area contributed by atoms with Crippen LogP contribution in [-0.4, -0.2) is 44.2 Å². The molecule has 0 bridgehead atoms. The molecule has 136 valence electrons. The van der Waals surface area contributed by atoms with Crippen molar-refractivity contribution in [2.45, 2.75) is 37.5 Å². The van der Waals surface area contributed by atoms with Gasteiger partial charge in [-0.05, 0) is 43.5 Å². The molecule has 1 fully saturated rings. The predicted molar refractivity (Wildman–Crippen MR) is 94.3 cm³/mol. The lowest BCUT2D eigenvalue weighted by molar-refractivity contribution is -0.142. The molecule has 2 rings (SSSR count). The zero-order chi connectivity index (χ0) is 18.3. The largest absolute Gasteiger partial charge is 0.455 e. The topological polar surface area (TPSA) is 80.8 Å². The molecule has 25 heavy (non-hydrogen) atoms. The lowest BCUT2D eigenvalue weighted by Crippen LogP contribution is -2.31. The molecule has 0 unspecified atom stereocenters. The van der Waals surface area contributed by atoms with Crippen LogP contribution in [0.1, 0.15) is 38.2 Å². The summed E-state index contributed by atoms with van der Waals surface area (Å²) in [5.74, 6) is -0.846. The van der Waals surface area contributed by atoms with Gasteiger partial charge in [0.05, 0.1) is 4.90 Å². The maximum atomic E-state index is 12.7. The van der Waals surface area contributed by atoms with Gasteiger partial charge in [0, 0.05) is 19.2 Å². The Hall–Kier alpha value is -1.99. The van der Waals surface area contributed by atoms with Crippen LogP contribution in [0.25, 0.3) is 6.08 Å². The first-order chi connectivity index (χ1) is 11.9. The molecule has 0 saturated carbocycles. The molecule has 1 aliphatic heterocycles. The van der Waals surface area contributed by atoms with Gasteiger partial charge in [-0.3, -0.25) is 4.79 Å². The summed E-state index contributed by atoms with van der Waals surface area (Å²) in [5, 5.41) is 0. The van der Waals surface area contributed by atoms with E-state index in [1.54, 1.807) is 28.6 Å². The fourth-order valence-electron chi connectivity index (χ4n) is 2.57. The Labute approximate surface area is 148 Å². The average molecular weight is 365 g/mol. The molecular formula is C18H23NO5S. The van der Waals surface area contributed by atoms with Gasteiger partial charge in [-0.15, -0.1) is 0 Å². The van der Waals surface area contributed by atoms with Gasteiger partial charge >= 0.3 is 5.97 Å². The van der Waals surface area contributed by atoms with Crippen LogP contribution in [0.4, 0.5) is 0 Å². The lowest BCUT2D eigenvalue weighted by Gasteiger charge is -2.19. The van der Waals surface area contributed by atoms with Gasteiger partial charge < -0.3 is 4.74 Å². The minimum absolute atomic E-state index is 0.232. The van der Waals surface area contributed by atoms with E-state index >= 15 is 0 Å². The van der Waals surface area contributed by atoms with Crippen molar-refractivity contribution in [1.82, 2.24) is 4.31 Å². The highest BCUT2D eigenvalue weighted by atomic mass is 32.2. The third-order valence-electron chi connectivity index (χ3n) is 3.91. The summed E-state index contributed by atoms with van der Waals surface area (Å²) in [4.78, 5) is 22.4. The summed E-state index contributed by atoms with van der Waals surface area (Å²) in [6.07, 6.45) is 6.64. The van der Waals surface area contributed by atoms with Crippen LogP contribution >= 0.6 is 0 Å². The molecule has 1 heterocycles. The Kier molecular flexibility index (Phi) is 6.90. The van der Waals surface area contributed by atoms with Crippen LogP contribution < -0.4 is 0 Å². The minimum atomic E-state index is -3.47. The molecule has 1 aliphatic rings. The highest BCUT2D eigenvalue weighted by Crippen LogP contribution is 2.20. The minimum Gasteiger partial charge on any atom is -0.455 e. The number of rotatable bonds is 6. The van der Waals surface area contributed by atoms with Crippen molar-refractivity contribution in [2.24, 2.45) is 0 Å². The van der Waals surface area contributed by atoms with Crippen molar-refractivity contribution < 1.29 is 22.7 Å². The number of hydrogen-bond donors (Lipinski definition) is 0. The van der Waals surface area contributed by atoms with Crippen LogP contribution in [0.2, 0.25) is 0 Å². The summed E-state index contributed by atoms with van der Waals surface area (Å²) >= 11 is 0. The molecule has 7 heteroatoms. The van der Waals surface area contributed by atoms with Crippen LogP contribution in [-0.2, 0) is 24.3 Å². The number of esters is 1. The highest BCUT2D eigenvalue weighted by molar-refractivity contribution is 7.89. The quantitative estimate of drug-likeness (QED) is 0.571. The van der Waals surface area contributed by atoms with E-state index in [-0.39, 0.29) is 17.3 Å². The number of benzene rings is 1. The van der Waals surface area contributed by atoms with Gasteiger partial charge in [0.1, 0.15) is 6.61 Å². The van der Waals surface area contributed by atoms with E-state index in [1.807, 2.05) is 0 Å². The van der Waals surface area contributed by atoms with Gasteiger partial charge in [-0.1, -0.05) is 25.0 Å². The summed E-state index contributed by atoms with van der Waals surface area (Å²) in [7, 11) is -3.47. The second kappa shape index (κ2) is 8.92. The van der Waals surface area contributed by atoms with Gasteiger partial charge in [-0.2, -0.15) is 4.31 Å². The Morgan fingerprint density at radius 2 is 1.68 bits per heavy atom. The Bertz CT molecular complexity index is 729. The fraction of sp³-hybridized carbons (Fsp3) is 0.444. The number of nitrogens with zero attached hydrogens (tertiary/aromatic N) is 1. The van der Waals surface area contributed by atoms with E-state index in [4.69, 9.17) is 4.74 Å². The van der Waals surface area contributed by atoms with Crippen LogP contribution in [0, 0.1) is 0 Å². The number of carbonyl (C=O) groups is 2. The molecule has 0 atom stereocenters. The number of hydrogen-bond acceptors (Lipinski definition) is 5. The number of ether oxygens (including phenoxy) is 1. The molecule has 0 aliphatic carbocycles. The fourth-order valence-corrected chi connectivity index (χ4v) is 4.08. The van der Waals surface area contributed by atoms with Crippen molar-refractivity contribution in [2.75, 3.05) is 19.7 Å². The normalized spacial score (nSPS) is 16.5. The summed E-state index contributed by atoms with van der Waals surface area (Å²) in [5.41, 5.74) is 0.676. The van der Waals surface area contributed by atoms with Gasteiger partial charge in [-0.25, -0.2) is 13.2 Å². The molecule has 0 aromatic heterocycles. The molecule has 0 spiro atoms. The third-order valence-corrected chi connectivity index (χ3v) is 5.83. The average Bonchev–Trinajstić information content (AvgIpc) is 2.88. The molecule has 0 amide bonds. The van der Waals surface area contributed by atoms with E-state index < -0.39 is 16.0 Å². The molecule has 1 aromatic carbocycles. The Morgan fingerprint density at radius 3 is 2.24 bits per heavy atom. The van der Waals surface area contributed by atoms with Crippen molar-refractivity contribution in [3.05, 3.63) is 35.9 Å². The number of ketones is 1. The SMILES string of the molecule is CC(=O)COC(=O)/C=C/c1ccc(S(=O)(=O)N2CCCCCC2)cc1. The van der Waals surface area contributed by atoms with E-state index in [0.29, 0.717) is 18.7 Å². The molecule has 0 radical (unpaired) electrons. The summed E-state index contributed by atoms with van der Waals surface area (Å²) in [6.45, 7) is 2.20. The highest BCUT2D eigenvalue weighted by Gasteiger charge is 2.24. The van der Waals surface area contributed by atoms with Crippen molar-refractivity contribution in [3.63, 3.8) is 0 Å². The van der Waals surface area contributed by atoms with Crippen molar-refractivity contribution >= 4 is 27.9 Å². The lowest BCUT2D eigenvalue weighted by atomic mass is 10.2. The Morgan fingerprint density at radius 1 is 1.08 bits per heavy atom. The van der Waals surface area contributed by atoms with Crippen molar-refractivity contribution in [1.29, 1.82) is 0 Å². The zero-order valence-electron chi connectivity index (χ0n) is 14.3. The smallest absolute Gasteiger partial charge is 0.331 e. The van der Waals surface area contributed by atoms with E-state index in [2.05, 4.69) is 0 Å². The molecule has 6 nitrogen and oxygen atoms in total. The maximum absolute atomic E-state index is 12.7. The predicted octanol–water partition coefficient (Wildman–Crippen LogP) is 2.40. The first-order valence-electron chi connectivity index (χ1n) is 8.34. The Balaban J connectivity index is 2.03. The van der Waals surface area contributed by atoms with E-state index in [1.165, 1.54) is 19.1 Å². The van der Waals surface area contributed by atoms with Crippen molar-refractivity contribution in [3.8, 4) is 0 Å². The van der Waals surface area contributed by atoms with Gasteiger partial charge in [0.15, 0.2) is 5.78 Å². The second-order valence-corrected chi connectivity index (χ2v) is 7.97. The van der Waals surface area contributed by atoms with Crippen LogP contribution in [0.15, 0.2) is 35.2 Å². The zero-order valence-corrected chi connectivity index (χ0v) is 15.1. The third kappa shape index (κ3) is 5.79. The molecule has 1 saturated heterocycles. The first kappa shape index (κ1) is 19.3. The molecule has 0 N–H and O–H groups in total. The van der Waals surface area contributed by atoms with E-state index in [9.17, 15) is 18.0 Å². The standard InChI is InChI=1S/C18H23NO5S/c1-15(20)14-24-18(21)11-8-16-6-9-17(10-7-16)25(22,23)19-12-4-2-3-5-13-19/h6-11H,2-5,12-14H2,1H3/b11-8+. The summed E-state index contributed by atoms with van der Waals surface area (Å²) in [6, 6.07) is 6.36. The number of carbonyl (C=O) groups excluding carboxylic acids is 2. The second-order valence-electron chi connectivity index (χ2n) is 6.03. The van der Waals surface area contributed by atoms with Gasteiger partial charge in [0.2, 0.25) is 10.0 Å². The number of Topliss-reactive ketones (excluding diaryl/α,β-unsaturated/α-hetero) is 1. The van der Waals surface area contributed by atoms with Crippen LogP contribution in [0.3, 0.4) is 0 Å².